The van der Waals surface area contributed by atoms with E-state index < -0.39 is 11.0 Å². The van der Waals surface area contributed by atoms with Gasteiger partial charge < -0.3 is 5.11 Å². The zero-order valence-corrected chi connectivity index (χ0v) is 13.1. The first-order valence-corrected chi connectivity index (χ1v) is 8.25. The first-order valence-electron chi connectivity index (χ1n) is 8.25. The molecule has 0 bridgehead atoms. The Morgan fingerprint density at radius 3 is 2.67 bits per heavy atom. The van der Waals surface area contributed by atoms with E-state index in [1.54, 1.807) is 0 Å². The second-order valence-electron chi connectivity index (χ2n) is 7.28. The second kappa shape index (κ2) is 5.14. The van der Waals surface area contributed by atoms with Crippen LogP contribution in [0.15, 0.2) is 24.3 Å². The molecular weight excluding hydrogens is 258 g/mol. The molecule has 21 heavy (non-hydrogen) atoms. The molecule has 0 radical (unpaired) electrons. The maximum absolute atomic E-state index is 11.6. The molecule has 0 aliphatic heterocycles. The molecule has 2 nitrogen and oxygen atoms in total. The van der Waals surface area contributed by atoms with Gasteiger partial charge in [-0.25, -0.2) is 0 Å². The summed E-state index contributed by atoms with van der Waals surface area (Å²) in [5, 5.41) is 21.6. The summed E-state index contributed by atoms with van der Waals surface area (Å²) < 4.78 is 0. The third kappa shape index (κ3) is 2.10. The number of rotatable bonds is 1. The van der Waals surface area contributed by atoms with Crippen LogP contribution in [0, 0.1) is 22.7 Å². The topological polar surface area (TPSA) is 44.0 Å². The maximum Gasteiger partial charge on any atom is 0.108 e. The lowest BCUT2D eigenvalue weighted by molar-refractivity contribution is -0.100. The van der Waals surface area contributed by atoms with Crippen LogP contribution >= 0.6 is 0 Å². The van der Waals surface area contributed by atoms with E-state index >= 15 is 0 Å². The van der Waals surface area contributed by atoms with E-state index in [1.165, 1.54) is 12.0 Å². The molecule has 112 valence electrons. The fraction of sp³-hybridized carbons (Fsp3) is 0.632. The van der Waals surface area contributed by atoms with E-state index in [4.69, 9.17) is 0 Å². The van der Waals surface area contributed by atoms with Crippen molar-refractivity contribution in [2.24, 2.45) is 11.3 Å². The highest BCUT2D eigenvalue weighted by atomic mass is 16.3. The van der Waals surface area contributed by atoms with Crippen molar-refractivity contribution in [3.05, 3.63) is 35.4 Å². The van der Waals surface area contributed by atoms with E-state index in [-0.39, 0.29) is 0 Å². The Bertz CT molecular complexity index is 575. The van der Waals surface area contributed by atoms with Gasteiger partial charge in [0, 0.05) is 0 Å². The van der Waals surface area contributed by atoms with Gasteiger partial charge >= 0.3 is 0 Å². The zero-order valence-electron chi connectivity index (χ0n) is 13.1. The van der Waals surface area contributed by atoms with Gasteiger partial charge in [-0.2, -0.15) is 5.26 Å². The summed E-state index contributed by atoms with van der Waals surface area (Å²) in [6, 6.07) is 10.8. The van der Waals surface area contributed by atoms with E-state index in [1.807, 2.05) is 18.2 Å². The molecule has 0 saturated heterocycles. The highest BCUT2D eigenvalue weighted by Crippen LogP contribution is 2.56. The second-order valence-corrected chi connectivity index (χ2v) is 7.28. The number of benzene rings is 1. The number of hydrogen-bond acceptors (Lipinski definition) is 2. The molecule has 2 heteroatoms. The normalized spacial score (nSPS) is 39.3. The first kappa shape index (κ1) is 14.6. The van der Waals surface area contributed by atoms with Crippen LogP contribution in [0.4, 0.5) is 0 Å². The Balaban J connectivity index is 2.12. The van der Waals surface area contributed by atoms with Crippen LogP contribution in [-0.4, -0.2) is 5.11 Å². The van der Waals surface area contributed by atoms with Gasteiger partial charge in [-0.05, 0) is 48.6 Å². The van der Waals surface area contributed by atoms with Crippen molar-refractivity contribution in [3.8, 4) is 6.07 Å². The largest absolute Gasteiger partial charge is 0.383 e. The molecule has 2 aliphatic rings. The minimum absolute atomic E-state index is 0.471. The van der Waals surface area contributed by atoms with Crippen LogP contribution in [0.25, 0.3) is 0 Å². The predicted octanol–water partition coefficient (Wildman–Crippen LogP) is 4.49. The van der Waals surface area contributed by atoms with Crippen molar-refractivity contribution in [1.82, 2.24) is 0 Å². The Labute approximate surface area is 127 Å². The van der Waals surface area contributed by atoms with Gasteiger partial charge in [-0.3, -0.25) is 0 Å². The molecule has 2 aliphatic carbocycles. The minimum Gasteiger partial charge on any atom is -0.383 e. The average molecular weight is 283 g/mol. The number of nitriles is 1. The third-order valence-electron chi connectivity index (χ3n) is 5.88. The van der Waals surface area contributed by atoms with Gasteiger partial charge in [-0.15, -0.1) is 0 Å². The van der Waals surface area contributed by atoms with Crippen LogP contribution in [-0.2, 0) is 5.60 Å². The van der Waals surface area contributed by atoms with Crippen molar-refractivity contribution >= 4 is 0 Å². The highest BCUT2D eigenvalue weighted by molar-refractivity contribution is 5.40. The summed E-state index contributed by atoms with van der Waals surface area (Å²) in [6.07, 6.45) is 5.55. The maximum atomic E-state index is 11.6. The quantitative estimate of drug-likeness (QED) is 0.825. The predicted molar refractivity (Wildman–Crippen MR) is 83.7 cm³/mol. The van der Waals surface area contributed by atoms with Crippen molar-refractivity contribution in [1.29, 1.82) is 5.26 Å². The van der Waals surface area contributed by atoms with Gasteiger partial charge in [0.2, 0.25) is 0 Å². The molecular formula is C19H25NO. The highest BCUT2D eigenvalue weighted by Gasteiger charge is 2.55. The lowest BCUT2D eigenvalue weighted by atomic mass is 9.55. The smallest absolute Gasteiger partial charge is 0.108 e. The van der Waals surface area contributed by atoms with Crippen molar-refractivity contribution in [2.75, 3.05) is 0 Å². The molecule has 1 aromatic rings. The molecule has 4 atom stereocenters. The molecule has 1 aromatic carbocycles. The lowest BCUT2D eigenvalue weighted by Crippen LogP contribution is -2.49. The first-order chi connectivity index (χ1) is 10.0. The van der Waals surface area contributed by atoms with E-state index in [0.717, 1.165) is 31.2 Å². The number of aliphatic hydroxyl groups is 1. The summed E-state index contributed by atoms with van der Waals surface area (Å²) in [5.74, 6) is 0.993. The number of hydrogen-bond donors (Lipinski definition) is 1. The standard InChI is InChI=1S/C19H25NO/c1-14-6-5-10-18(12-14,13-20)19(21)11-9-15(2)16-7-3-4-8-17(16)19/h3-4,7-8,14-15,21H,5-6,9-12H2,1-2H3. The molecule has 0 amide bonds. The molecule has 4 unspecified atom stereocenters. The van der Waals surface area contributed by atoms with Gasteiger partial charge in [0.1, 0.15) is 5.60 Å². The Morgan fingerprint density at radius 1 is 1.19 bits per heavy atom. The van der Waals surface area contributed by atoms with Crippen LogP contribution in [0.3, 0.4) is 0 Å². The average Bonchev–Trinajstić information content (AvgIpc) is 2.51. The van der Waals surface area contributed by atoms with Gasteiger partial charge in [-0.1, -0.05) is 51.0 Å². The van der Waals surface area contributed by atoms with Crippen molar-refractivity contribution in [3.63, 3.8) is 0 Å². The summed E-state index contributed by atoms with van der Waals surface area (Å²) in [6.45, 7) is 4.44. The summed E-state index contributed by atoms with van der Waals surface area (Å²) in [4.78, 5) is 0. The summed E-state index contributed by atoms with van der Waals surface area (Å²) in [7, 11) is 0. The van der Waals surface area contributed by atoms with Gasteiger partial charge in [0.25, 0.3) is 0 Å². The van der Waals surface area contributed by atoms with Crippen LogP contribution < -0.4 is 0 Å². The summed E-state index contributed by atoms with van der Waals surface area (Å²) in [5.41, 5.74) is 0.666. The summed E-state index contributed by atoms with van der Waals surface area (Å²) >= 11 is 0. The molecule has 0 spiro atoms. The van der Waals surface area contributed by atoms with E-state index in [9.17, 15) is 10.4 Å². The van der Waals surface area contributed by atoms with E-state index in [2.05, 4.69) is 26.0 Å². The minimum atomic E-state index is -0.973. The molecule has 1 fully saturated rings. The number of nitrogens with zero attached hydrogens (tertiary/aromatic N) is 1. The van der Waals surface area contributed by atoms with Gasteiger partial charge in [0.05, 0.1) is 11.5 Å². The molecule has 1 saturated carbocycles. The lowest BCUT2D eigenvalue weighted by Gasteiger charge is -2.50. The SMILES string of the molecule is CC1CCCC(C#N)(C2(O)CCC(C)c3ccccc32)C1. The van der Waals surface area contributed by atoms with Crippen LogP contribution in [0.2, 0.25) is 0 Å². The third-order valence-corrected chi connectivity index (χ3v) is 5.88. The Hall–Kier alpha value is -1.33. The fourth-order valence-electron chi connectivity index (χ4n) is 4.64. The molecule has 0 heterocycles. The van der Waals surface area contributed by atoms with Gasteiger partial charge in [0.15, 0.2) is 0 Å². The van der Waals surface area contributed by atoms with Crippen LogP contribution in [0.1, 0.15) is 69.4 Å². The number of fused-ring (bicyclic) bond motifs is 1. The Kier molecular flexibility index (Phi) is 3.58. The molecule has 0 aromatic heterocycles. The van der Waals surface area contributed by atoms with Crippen molar-refractivity contribution in [2.45, 2.75) is 63.9 Å². The Morgan fingerprint density at radius 2 is 1.95 bits per heavy atom. The molecule has 1 N–H and O–H groups in total. The van der Waals surface area contributed by atoms with Crippen molar-refractivity contribution < 1.29 is 5.11 Å². The molecule has 3 rings (SSSR count). The van der Waals surface area contributed by atoms with Crippen LogP contribution in [0.5, 0.6) is 0 Å². The zero-order chi connectivity index (χ0) is 15.1. The monoisotopic (exact) mass is 283 g/mol. The fourth-order valence-corrected chi connectivity index (χ4v) is 4.64. The van der Waals surface area contributed by atoms with E-state index in [0.29, 0.717) is 18.3 Å².